The first kappa shape index (κ1) is 12.9. The number of nitrogens with zero attached hydrogens (tertiary/aromatic N) is 1. The summed E-state index contributed by atoms with van der Waals surface area (Å²) < 4.78 is 0. The van der Waals surface area contributed by atoms with E-state index in [0.29, 0.717) is 0 Å². The number of nitrogens with one attached hydrogen (secondary N) is 1. The summed E-state index contributed by atoms with van der Waals surface area (Å²) in [4.78, 5) is 2.61. The van der Waals surface area contributed by atoms with Gasteiger partial charge in [0.05, 0.1) is 0 Å². The topological polar surface area (TPSA) is 15.3 Å². The van der Waals surface area contributed by atoms with Gasteiger partial charge in [0.1, 0.15) is 0 Å². The smallest absolute Gasteiger partial charge is 0.00798 e. The van der Waals surface area contributed by atoms with E-state index in [-0.39, 0.29) is 0 Å². The van der Waals surface area contributed by atoms with E-state index in [2.05, 4.69) is 17.1 Å². The minimum Gasteiger partial charge on any atom is -0.314 e. The predicted octanol–water partition coefficient (Wildman–Crippen LogP) is 2.89. The van der Waals surface area contributed by atoms with Crippen LogP contribution in [0.5, 0.6) is 0 Å². The number of fused-ring (bicyclic) bond motifs is 2. The molecule has 0 spiro atoms. The molecule has 2 aliphatic carbocycles. The number of rotatable bonds is 4. The lowest BCUT2D eigenvalue weighted by Gasteiger charge is -2.25. The molecule has 1 heterocycles. The maximum absolute atomic E-state index is 3.91. The van der Waals surface area contributed by atoms with Crippen molar-refractivity contribution in [3.63, 3.8) is 0 Å². The van der Waals surface area contributed by atoms with Crippen LogP contribution in [0.25, 0.3) is 0 Å². The lowest BCUT2D eigenvalue weighted by Crippen LogP contribution is -2.35. The molecule has 2 nitrogen and oxygen atoms in total. The molecular weight excluding hydrogens is 220 g/mol. The van der Waals surface area contributed by atoms with Gasteiger partial charge in [0.2, 0.25) is 0 Å². The summed E-state index contributed by atoms with van der Waals surface area (Å²) in [5.41, 5.74) is 0. The van der Waals surface area contributed by atoms with E-state index < -0.39 is 0 Å². The molecule has 0 amide bonds. The monoisotopic (exact) mass is 250 g/mol. The molecule has 4 unspecified atom stereocenters. The molecule has 18 heavy (non-hydrogen) atoms. The molecule has 2 saturated carbocycles. The van der Waals surface area contributed by atoms with Crippen LogP contribution in [-0.4, -0.2) is 37.1 Å². The van der Waals surface area contributed by atoms with E-state index in [1.54, 1.807) is 6.42 Å². The molecule has 1 N–H and O–H groups in total. The molecule has 3 rings (SSSR count). The zero-order chi connectivity index (χ0) is 12.4. The Morgan fingerprint density at radius 3 is 2.72 bits per heavy atom. The van der Waals surface area contributed by atoms with Crippen molar-refractivity contribution in [2.75, 3.05) is 26.2 Å². The highest BCUT2D eigenvalue weighted by Crippen LogP contribution is 2.47. The van der Waals surface area contributed by atoms with Crippen LogP contribution >= 0.6 is 0 Å². The Hall–Kier alpha value is -0.0800. The van der Waals surface area contributed by atoms with Crippen LogP contribution in [0, 0.1) is 17.8 Å². The van der Waals surface area contributed by atoms with Crippen molar-refractivity contribution < 1.29 is 0 Å². The molecule has 0 radical (unpaired) electrons. The third kappa shape index (κ3) is 2.91. The summed E-state index contributed by atoms with van der Waals surface area (Å²) in [6.07, 6.45) is 10.3. The van der Waals surface area contributed by atoms with Gasteiger partial charge in [0.25, 0.3) is 0 Å². The normalized spacial score (nSPS) is 41.2. The van der Waals surface area contributed by atoms with Crippen LogP contribution < -0.4 is 5.32 Å². The third-order valence-electron chi connectivity index (χ3n) is 5.82. The Kier molecular flexibility index (Phi) is 4.25. The van der Waals surface area contributed by atoms with E-state index in [0.717, 1.165) is 23.8 Å². The first-order chi connectivity index (χ1) is 8.85. The maximum Gasteiger partial charge on any atom is 0.00798 e. The van der Waals surface area contributed by atoms with Gasteiger partial charge in [-0.25, -0.2) is 0 Å². The summed E-state index contributed by atoms with van der Waals surface area (Å²) in [7, 11) is 0. The lowest BCUT2D eigenvalue weighted by molar-refractivity contribution is 0.285. The van der Waals surface area contributed by atoms with Crippen LogP contribution in [0.3, 0.4) is 0 Å². The lowest BCUT2D eigenvalue weighted by atomic mass is 9.88. The Morgan fingerprint density at radius 2 is 2.00 bits per heavy atom. The minimum absolute atomic E-state index is 0.806. The van der Waals surface area contributed by atoms with E-state index in [1.807, 2.05) is 0 Å². The van der Waals surface area contributed by atoms with Crippen molar-refractivity contribution in [1.29, 1.82) is 0 Å². The van der Waals surface area contributed by atoms with Crippen molar-refractivity contribution in [2.45, 2.75) is 57.9 Å². The fourth-order valence-electron chi connectivity index (χ4n) is 4.62. The van der Waals surface area contributed by atoms with Crippen molar-refractivity contribution >= 4 is 0 Å². The van der Waals surface area contributed by atoms with Gasteiger partial charge in [0, 0.05) is 6.04 Å². The van der Waals surface area contributed by atoms with Crippen LogP contribution in [0.2, 0.25) is 0 Å². The van der Waals surface area contributed by atoms with Gasteiger partial charge in [-0.15, -0.1) is 0 Å². The highest BCUT2D eigenvalue weighted by atomic mass is 15.1. The van der Waals surface area contributed by atoms with Gasteiger partial charge < -0.3 is 10.2 Å². The molecule has 2 bridgehead atoms. The van der Waals surface area contributed by atoms with Gasteiger partial charge in [0.15, 0.2) is 0 Å². The molecule has 1 saturated heterocycles. The fraction of sp³-hybridized carbons (Fsp3) is 1.00. The summed E-state index contributed by atoms with van der Waals surface area (Å²) in [5.74, 6) is 3.21. The van der Waals surface area contributed by atoms with Gasteiger partial charge in [-0.3, -0.25) is 0 Å². The Labute approximate surface area is 113 Å². The first-order valence-corrected chi connectivity index (χ1v) is 8.31. The second kappa shape index (κ2) is 5.92. The molecule has 4 atom stereocenters. The van der Waals surface area contributed by atoms with Gasteiger partial charge in [-0.1, -0.05) is 13.3 Å². The number of likely N-dealkylation sites (tertiary alicyclic amines) is 1. The zero-order valence-electron chi connectivity index (χ0n) is 12.0. The van der Waals surface area contributed by atoms with Crippen molar-refractivity contribution in [3.8, 4) is 0 Å². The van der Waals surface area contributed by atoms with Gasteiger partial charge in [-0.2, -0.15) is 0 Å². The second-order valence-electron chi connectivity index (χ2n) is 6.91. The summed E-state index contributed by atoms with van der Waals surface area (Å²) in [6, 6.07) is 0.806. The van der Waals surface area contributed by atoms with Crippen LogP contribution in [0.4, 0.5) is 0 Å². The summed E-state index contributed by atoms with van der Waals surface area (Å²) >= 11 is 0. The molecule has 1 aliphatic heterocycles. The summed E-state index contributed by atoms with van der Waals surface area (Å²) in [5, 5.41) is 3.91. The Bertz CT molecular complexity index is 266. The average Bonchev–Trinajstić information content (AvgIpc) is 2.93. The molecule has 0 aromatic rings. The Morgan fingerprint density at radius 1 is 1.06 bits per heavy atom. The standard InChI is InChI=1S/C16H30N2/c1-2-18-8-3-4-16(7-9-18)17-12-15-11-13-5-6-14(15)10-13/h13-17H,2-12H2,1H3. The molecule has 3 aliphatic rings. The zero-order valence-corrected chi connectivity index (χ0v) is 12.0. The quantitative estimate of drug-likeness (QED) is 0.825. The first-order valence-electron chi connectivity index (χ1n) is 8.31. The molecule has 0 aromatic heterocycles. The highest BCUT2D eigenvalue weighted by molar-refractivity contribution is 4.91. The molecule has 0 aromatic carbocycles. The molecule has 104 valence electrons. The summed E-state index contributed by atoms with van der Waals surface area (Å²) in [6.45, 7) is 7.48. The SMILES string of the molecule is CCN1CCCC(NCC2CC3CCC2C3)CC1. The largest absolute Gasteiger partial charge is 0.314 e. The van der Waals surface area contributed by atoms with Crippen molar-refractivity contribution in [1.82, 2.24) is 10.2 Å². The molecule has 2 heteroatoms. The highest BCUT2D eigenvalue weighted by Gasteiger charge is 2.39. The van der Waals surface area contributed by atoms with Crippen molar-refractivity contribution in [3.05, 3.63) is 0 Å². The Balaban J connectivity index is 1.40. The van der Waals surface area contributed by atoms with Crippen molar-refractivity contribution in [2.24, 2.45) is 17.8 Å². The average molecular weight is 250 g/mol. The number of hydrogen-bond acceptors (Lipinski definition) is 2. The van der Waals surface area contributed by atoms with E-state index >= 15 is 0 Å². The number of hydrogen-bond donors (Lipinski definition) is 1. The fourth-order valence-corrected chi connectivity index (χ4v) is 4.62. The third-order valence-corrected chi connectivity index (χ3v) is 5.82. The van der Waals surface area contributed by atoms with E-state index in [1.165, 1.54) is 64.7 Å². The molecular formula is C16H30N2. The van der Waals surface area contributed by atoms with Crippen LogP contribution in [-0.2, 0) is 0 Å². The second-order valence-corrected chi connectivity index (χ2v) is 6.91. The molecule has 3 fully saturated rings. The predicted molar refractivity (Wildman–Crippen MR) is 76.7 cm³/mol. The van der Waals surface area contributed by atoms with Crippen LogP contribution in [0.15, 0.2) is 0 Å². The van der Waals surface area contributed by atoms with Gasteiger partial charge >= 0.3 is 0 Å². The van der Waals surface area contributed by atoms with Gasteiger partial charge in [-0.05, 0) is 82.5 Å². The van der Waals surface area contributed by atoms with E-state index in [9.17, 15) is 0 Å². The van der Waals surface area contributed by atoms with Crippen LogP contribution in [0.1, 0.15) is 51.9 Å². The maximum atomic E-state index is 3.91. The minimum atomic E-state index is 0.806. The van der Waals surface area contributed by atoms with E-state index in [4.69, 9.17) is 0 Å².